The molecule has 0 atom stereocenters. The molecule has 0 heterocycles. The summed E-state index contributed by atoms with van der Waals surface area (Å²) in [7, 11) is 0. The second kappa shape index (κ2) is 15.0. The van der Waals surface area contributed by atoms with E-state index in [4.69, 9.17) is 20.4 Å². The van der Waals surface area contributed by atoms with Crippen LogP contribution >= 0.6 is 0 Å². The van der Waals surface area contributed by atoms with Crippen LogP contribution in [0.2, 0.25) is 0 Å². The Labute approximate surface area is 119 Å². The van der Waals surface area contributed by atoms with Gasteiger partial charge in [0, 0.05) is 0 Å². The van der Waals surface area contributed by atoms with Crippen LogP contribution in [-0.4, -0.2) is 45.6 Å². The topological polar surface area (TPSA) is 115 Å². The molecular weight excluding hydrogens is 207 g/mol. The van der Waals surface area contributed by atoms with E-state index in [2.05, 4.69) is 0 Å². The molecule has 6 nitrogen and oxygen atoms in total. The van der Waals surface area contributed by atoms with Crippen molar-refractivity contribution < 1.29 is 82.8 Å². The molecule has 13 heavy (non-hydrogen) atoms. The summed E-state index contributed by atoms with van der Waals surface area (Å²) in [6.07, 6.45) is -0.306. The summed E-state index contributed by atoms with van der Waals surface area (Å²) >= 11 is 0. The molecule has 7 heteroatoms. The summed E-state index contributed by atoms with van der Waals surface area (Å²) in [5, 5.41) is 31.2. The van der Waals surface area contributed by atoms with Gasteiger partial charge in [0.15, 0.2) is 0 Å². The van der Waals surface area contributed by atoms with Crippen LogP contribution < -0.4 is 51.4 Å². The molecule has 0 radical (unpaired) electrons. The molecule has 0 saturated heterocycles. The van der Waals surface area contributed by atoms with E-state index < -0.39 is 11.9 Å². The number of carboxylic acid groups (broad SMARTS) is 2. The number of aliphatic hydroxyl groups is 2. The Kier molecular flexibility index (Phi) is 22.1. The van der Waals surface area contributed by atoms with Crippen LogP contribution in [0.5, 0.6) is 0 Å². The monoisotopic (exact) mass is 220 g/mol. The first-order valence-electron chi connectivity index (χ1n) is 3.20. The van der Waals surface area contributed by atoms with E-state index >= 15 is 0 Å². The van der Waals surface area contributed by atoms with Gasteiger partial charge in [-0.05, 0) is 0 Å². The molecular formula is C6H13KO6. The van der Waals surface area contributed by atoms with Gasteiger partial charge in [-0.15, -0.1) is 0 Å². The number of hydrogen-bond acceptors (Lipinski definition) is 4. The predicted molar refractivity (Wildman–Crippen MR) is 39.8 cm³/mol. The first-order chi connectivity index (χ1) is 5.54. The number of carboxylic acids is 2. The van der Waals surface area contributed by atoms with Crippen molar-refractivity contribution in [2.75, 3.05) is 13.2 Å². The number of aliphatic carboxylic acids is 2. The molecule has 0 aromatic carbocycles. The Morgan fingerprint density at radius 2 is 1.15 bits per heavy atom. The van der Waals surface area contributed by atoms with E-state index in [0.29, 0.717) is 0 Å². The van der Waals surface area contributed by atoms with Crippen LogP contribution in [0, 0.1) is 0 Å². The van der Waals surface area contributed by atoms with Gasteiger partial charge in [0.25, 0.3) is 0 Å². The number of hydrogen-bond donors (Lipinski definition) is 4. The second-order valence-electron chi connectivity index (χ2n) is 1.73. The predicted octanol–water partition coefficient (Wildman–Crippen LogP) is -3.98. The normalized spacial score (nSPS) is 7.54. The molecule has 4 N–H and O–H groups in total. The van der Waals surface area contributed by atoms with Crippen LogP contribution in [0.3, 0.4) is 0 Å². The molecule has 0 bridgehead atoms. The fraction of sp³-hybridized carbons (Fsp3) is 0.667. The minimum absolute atomic E-state index is 0. The maximum Gasteiger partial charge on any atom is 1.00 e. The Morgan fingerprint density at radius 3 is 1.15 bits per heavy atom. The van der Waals surface area contributed by atoms with Crippen LogP contribution in [0.25, 0.3) is 0 Å². The molecule has 0 aromatic heterocycles. The van der Waals surface area contributed by atoms with E-state index in [1.54, 1.807) is 0 Å². The molecule has 0 aromatic rings. The fourth-order valence-corrected chi connectivity index (χ4v) is 0.191. The Hall–Kier alpha value is 0.496. The SMILES string of the molecule is O=C(O)CCO.O=C(O)CCO.[H-].[K+]. The van der Waals surface area contributed by atoms with Crippen molar-refractivity contribution in [3.63, 3.8) is 0 Å². The van der Waals surface area contributed by atoms with Gasteiger partial charge in [0.1, 0.15) is 0 Å². The zero-order chi connectivity index (χ0) is 9.98. The van der Waals surface area contributed by atoms with Crippen molar-refractivity contribution in [1.82, 2.24) is 0 Å². The summed E-state index contributed by atoms with van der Waals surface area (Å²) in [6, 6.07) is 0. The minimum Gasteiger partial charge on any atom is -1.00 e. The Balaban J connectivity index is -0.0000000625. The molecule has 0 fully saturated rings. The van der Waals surface area contributed by atoms with Gasteiger partial charge in [-0.1, -0.05) is 0 Å². The zero-order valence-electron chi connectivity index (χ0n) is 8.43. The van der Waals surface area contributed by atoms with E-state index in [0.717, 1.165) is 0 Å². The summed E-state index contributed by atoms with van der Waals surface area (Å²) in [5.74, 6) is -1.92. The average molecular weight is 220 g/mol. The maximum atomic E-state index is 9.44. The fourth-order valence-electron chi connectivity index (χ4n) is 0.191. The molecule has 0 saturated carbocycles. The Morgan fingerprint density at radius 1 is 0.923 bits per heavy atom. The number of carbonyl (C=O) groups is 2. The largest absolute Gasteiger partial charge is 1.00 e. The minimum atomic E-state index is -0.961. The summed E-state index contributed by atoms with van der Waals surface area (Å²) in [6.45, 7) is -0.537. The number of rotatable bonds is 4. The van der Waals surface area contributed by atoms with Gasteiger partial charge in [0.2, 0.25) is 0 Å². The zero-order valence-corrected chi connectivity index (χ0v) is 10.6. The average Bonchev–Trinajstić information content (AvgIpc) is 1.87. The molecule has 0 spiro atoms. The van der Waals surface area contributed by atoms with Crippen molar-refractivity contribution in [2.45, 2.75) is 12.8 Å². The molecule has 0 aliphatic heterocycles. The van der Waals surface area contributed by atoms with E-state index in [1.807, 2.05) is 0 Å². The Bertz CT molecular complexity index is 126. The van der Waals surface area contributed by atoms with Crippen molar-refractivity contribution in [1.29, 1.82) is 0 Å². The van der Waals surface area contributed by atoms with Gasteiger partial charge >= 0.3 is 63.3 Å². The summed E-state index contributed by atoms with van der Waals surface area (Å²) < 4.78 is 0. The van der Waals surface area contributed by atoms with E-state index in [1.165, 1.54) is 0 Å². The third kappa shape index (κ3) is 32.6. The smallest absolute Gasteiger partial charge is 1.00 e. The standard InChI is InChI=1S/2C3H6O3.K.H/c2*4-2-1-3(5)6;;/h2*4H,1-2H2,(H,5,6);;/q;;+1;-1. The molecule has 0 aliphatic rings. The van der Waals surface area contributed by atoms with E-state index in [-0.39, 0.29) is 78.9 Å². The van der Waals surface area contributed by atoms with Gasteiger partial charge in [-0.2, -0.15) is 0 Å². The maximum absolute atomic E-state index is 9.44. The quantitative estimate of drug-likeness (QED) is 0.359. The molecule has 0 unspecified atom stereocenters. The van der Waals surface area contributed by atoms with Crippen LogP contribution in [0.4, 0.5) is 0 Å². The summed E-state index contributed by atoms with van der Waals surface area (Å²) in [5.41, 5.74) is 0. The third-order valence-corrected chi connectivity index (χ3v) is 0.651. The first-order valence-corrected chi connectivity index (χ1v) is 3.20. The summed E-state index contributed by atoms with van der Waals surface area (Å²) in [4.78, 5) is 18.9. The van der Waals surface area contributed by atoms with Gasteiger partial charge < -0.3 is 21.9 Å². The van der Waals surface area contributed by atoms with Crippen molar-refractivity contribution in [2.24, 2.45) is 0 Å². The third-order valence-electron chi connectivity index (χ3n) is 0.651. The van der Waals surface area contributed by atoms with Crippen molar-refractivity contribution >= 4 is 11.9 Å². The van der Waals surface area contributed by atoms with Crippen molar-refractivity contribution in [3.05, 3.63) is 0 Å². The van der Waals surface area contributed by atoms with Gasteiger partial charge in [-0.25, -0.2) is 0 Å². The molecule has 0 rings (SSSR count). The first kappa shape index (κ1) is 19.1. The van der Waals surface area contributed by atoms with Crippen molar-refractivity contribution in [3.8, 4) is 0 Å². The van der Waals surface area contributed by atoms with Crippen LogP contribution in [0.15, 0.2) is 0 Å². The van der Waals surface area contributed by atoms with Gasteiger partial charge in [0.05, 0.1) is 26.1 Å². The second-order valence-corrected chi connectivity index (χ2v) is 1.73. The number of aliphatic hydroxyl groups excluding tert-OH is 2. The van der Waals surface area contributed by atoms with Crippen LogP contribution in [-0.2, 0) is 9.59 Å². The van der Waals surface area contributed by atoms with Gasteiger partial charge in [-0.3, -0.25) is 9.59 Å². The van der Waals surface area contributed by atoms with Crippen LogP contribution in [0.1, 0.15) is 14.3 Å². The van der Waals surface area contributed by atoms with E-state index in [9.17, 15) is 9.59 Å². The molecule has 0 aliphatic carbocycles. The molecule has 0 amide bonds. The molecule has 74 valence electrons.